The summed E-state index contributed by atoms with van der Waals surface area (Å²) in [6.45, 7) is 11.5. The third-order valence-corrected chi connectivity index (χ3v) is 5.11. The molecule has 1 aliphatic heterocycles. The largest absolute Gasteiger partial charge is 0.380 e. The molecule has 0 unspecified atom stereocenters. The first kappa shape index (κ1) is 16.2. The summed E-state index contributed by atoms with van der Waals surface area (Å²) < 4.78 is 6.38. The Bertz CT molecular complexity index is 399. The Morgan fingerprint density at radius 3 is 2.85 bits per heavy atom. The lowest BCUT2D eigenvalue weighted by Gasteiger charge is -2.41. The van der Waals surface area contributed by atoms with E-state index < -0.39 is 0 Å². The quantitative estimate of drug-likeness (QED) is 0.718. The number of piperazine rings is 1. The van der Waals surface area contributed by atoms with Crippen molar-refractivity contribution in [2.24, 2.45) is 0 Å². The van der Waals surface area contributed by atoms with Crippen LogP contribution < -0.4 is 0 Å². The van der Waals surface area contributed by atoms with Gasteiger partial charge in [0.1, 0.15) is 0 Å². The summed E-state index contributed by atoms with van der Waals surface area (Å²) in [5.74, 6) is 0. The average Bonchev–Trinajstić information content (AvgIpc) is 2.85. The van der Waals surface area contributed by atoms with Gasteiger partial charge in [0.25, 0.3) is 0 Å². The molecule has 1 saturated heterocycles. The number of rotatable bonds is 7. The second-order valence-electron chi connectivity index (χ2n) is 5.24. The molecular weight excluding hydrogens is 292 g/mol. The molecule has 0 bridgehead atoms. The van der Waals surface area contributed by atoms with Crippen LogP contribution >= 0.6 is 22.9 Å². The molecule has 1 fully saturated rings. The molecule has 3 nitrogen and oxygen atoms in total. The molecule has 0 aliphatic carbocycles. The first-order valence-electron chi connectivity index (χ1n) is 7.51. The van der Waals surface area contributed by atoms with Gasteiger partial charge < -0.3 is 4.74 Å². The van der Waals surface area contributed by atoms with E-state index in [1.54, 1.807) is 11.3 Å². The molecule has 0 N–H and O–H groups in total. The van der Waals surface area contributed by atoms with Gasteiger partial charge >= 0.3 is 0 Å². The van der Waals surface area contributed by atoms with E-state index in [2.05, 4.69) is 29.7 Å². The predicted molar refractivity (Wildman–Crippen MR) is 86.8 cm³/mol. The lowest BCUT2D eigenvalue weighted by molar-refractivity contribution is 0.0389. The highest BCUT2D eigenvalue weighted by Crippen LogP contribution is 2.24. The van der Waals surface area contributed by atoms with Gasteiger partial charge in [-0.3, -0.25) is 9.80 Å². The van der Waals surface area contributed by atoms with Crippen LogP contribution in [0.25, 0.3) is 0 Å². The van der Waals surface area contributed by atoms with Crippen molar-refractivity contribution in [3.8, 4) is 0 Å². The van der Waals surface area contributed by atoms with Gasteiger partial charge in [-0.25, -0.2) is 0 Å². The Morgan fingerprint density at radius 2 is 2.20 bits per heavy atom. The van der Waals surface area contributed by atoms with Gasteiger partial charge in [-0.15, -0.1) is 11.3 Å². The summed E-state index contributed by atoms with van der Waals surface area (Å²) in [5, 5.41) is 0. The Morgan fingerprint density at radius 1 is 1.35 bits per heavy atom. The molecule has 0 aromatic carbocycles. The van der Waals surface area contributed by atoms with Crippen LogP contribution in [0.15, 0.2) is 12.1 Å². The normalized spacial score (nSPS) is 21.4. The number of hydrogen-bond donors (Lipinski definition) is 0. The maximum atomic E-state index is 6.01. The fraction of sp³-hybridized carbons (Fsp3) is 0.733. The maximum absolute atomic E-state index is 6.01. The van der Waals surface area contributed by atoms with Gasteiger partial charge in [-0.1, -0.05) is 18.5 Å². The molecule has 2 heterocycles. The number of thiophene rings is 1. The zero-order valence-electron chi connectivity index (χ0n) is 12.5. The minimum atomic E-state index is 0.652. The van der Waals surface area contributed by atoms with Crippen LogP contribution in [-0.2, 0) is 11.3 Å². The highest BCUT2D eigenvalue weighted by molar-refractivity contribution is 7.16. The molecule has 20 heavy (non-hydrogen) atoms. The van der Waals surface area contributed by atoms with Gasteiger partial charge in [0.05, 0.1) is 10.9 Å². The number of halogens is 1. The van der Waals surface area contributed by atoms with Crippen LogP contribution in [0.1, 0.15) is 25.1 Å². The molecule has 1 aromatic heterocycles. The number of hydrogen-bond acceptors (Lipinski definition) is 4. The highest BCUT2D eigenvalue weighted by Gasteiger charge is 2.25. The summed E-state index contributed by atoms with van der Waals surface area (Å²) in [6, 6.07) is 4.80. The molecule has 1 aliphatic rings. The van der Waals surface area contributed by atoms with E-state index in [1.807, 2.05) is 6.07 Å². The Kier molecular flexibility index (Phi) is 6.78. The molecule has 1 aromatic rings. The monoisotopic (exact) mass is 316 g/mol. The van der Waals surface area contributed by atoms with Crippen molar-refractivity contribution in [3.05, 3.63) is 21.3 Å². The Balaban J connectivity index is 1.81. The number of nitrogens with zero attached hydrogens (tertiary/aromatic N) is 2. The van der Waals surface area contributed by atoms with Crippen molar-refractivity contribution >= 4 is 22.9 Å². The Labute approximate surface area is 131 Å². The van der Waals surface area contributed by atoms with Crippen molar-refractivity contribution in [2.45, 2.75) is 32.9 Å². The summed E-state index contributed by atoms with van der Waals surface area (Å²) in [6.07, 6.45) is 1.20. The molecule has 2 rings (SSSR count). The zero-order chi connectivity index (χ0) is 14.4. The van der Waals surface area contributed by atoms with Gasteiger partial charge in [0, 0.05) is 50.2 Å². The van der Waals surface area contributed by atoms with E-state index in [0.717, 1.165) is 50.3 Å². The lowest BCUT2D eigenvalue weighted by Crippen LogP contribution is -2.53. The summed E-state index contributed by atoms with van der Waals surface area (Å²) in [4.78, 5) is 6.49. The van der Waals surface area contributed by atoms with E-state index in [9.17, 15) is 0 Å². The smallest absolute Gasteiger partial charge is 0.0931 e. The molecule has 0 spiro atoms. The predicted octanol–water partition coefficient (Wildman–Crippen LogP) is 3.33. The van der Waals surface area contributed by atoms with E-state index in [4.69, 9.17) is 16.3 Å². The van der Waals surface area contributed by atoms with Crippen molar-refractivity contribution in [2.75, 3.05) is 39.4 Å². The van der Waals surface area contributed by atoms with Gasteiger partial charge in [0.2, 0.25) is 0 Å². The molecule has 5 heteroatoms. The van der Waals surface area contributed by atoms with Crippen molar-refractivity contribution in [1.29, 1.82) is 0 Å². The number of ether oxygens (including phenoxy) is 1. The van der Waals surface area contributed by atoms with E-state index in [-0.39, 0.29) is 0 Å². The first-order chi connectivity index (χ1) is 9.72. The zero-order valence-corrected chi connectivity index (χ0v) is 14.1. The standard InChI is InChI=1S/C15H25ClN2OS/c1-3-13-11-17(12-14-5-6-15(16)20-14)7-8-18(13)9-10-19-4-2/h5-6,13H,3-4,7-12H2,1-2H3/t13-/m0/s1. The molecule has 0 saturated carbocycles. The van der Waals surface area contributed by atoms with Crippen molar-refractivity contribution in [3.63, 3.8) is 0 Å². The second kappa shape index (κ2) is 8.35. The summed E-state index contributed by atoms with van der Waals surface area (Å²) >= 11 is 7.70. The second-order valence-corrected chi connectivity index (χ2v) is 7.04. The minimum Gasteiger partial charge on any atom is -0.380 e. The summed E-state index contributed by atoms with van der Waals surface area (Å²) in [7, 11) is 0. The van der Waals surface area contributed by atoms with Crippen molar-refractivity contribution < 1.29 is 4.74 Å². The average molecular weight is 317 g/mol. The highest BCUT2D eigenvalue weighted by atomic mass is 35.5. The lowest BCUT2D eigenvalue weighted by atomic mass is 10.1. The van der Waals surface area contributed by atoms with E-state index >= 15 is 0 Å². The fourth-order valence-corrected chi connectivity index (χ4v) is 3.90. The van der Waals surface area contributed by atoms with Gasteiger partial charge in [0.15, 0.2) is 0 Å². The van der Waals surface area contributed by atoms with Crippen LogP contribution in [0.5, 0.6) is 0 Å². The molecule has 1 atom stereocenters. The molecule has 114 valence electrons. The van der Waals surface area contributed by atoms with Gasteiger partial charge in [-0.2, -0.15) is 0 Å². The maximum Gasteiger partial charge on any atom is 0.0931 e. The fourth-order valence-electron chi connectivity index (χ4n) is 2.77. The summed E-state index contributed by atoms with van der Waals surface area (Å²) in [5.41, 5.74) is 0. The third-order valence-electron chi connectivity index (χ3n) is 3.90. The van der Waals surface area contributed by atoms with Crippen LogP contribution in [0.2, 0.25) is 4.34 Å². The Hall–Kier alpha value is -0.130. The molecule has 0 amide bonds. The first-order valence-corrected chi connectivity index (χ1v) is 8.70. The SMILES string of the molecule is CCOCCN1CCN(Cc2ccc(Cl)s2)C[C@@H]1CC. The van der Waals surface area contributed by atoms with Crippen LogP contribution in [0.3, 0.4) is 0 Å². The van der Waals surface area contributed by atoms with E-state index in [0.29, 0.717) is 6.04 Å². The third kappa shape index (κ3) is 4.71. The molecule has 0 radical (unpaired) electrons. The van der Waals surface area contributed by atoms with Gasteiger partial charge in [-0.05, 0) is 25.5 Å². The van der Waals surface area contributed by atoms with Crippen LogP contribution in [0, 0.1) is 0 Å². The van der Waals surface area contributed by atoms with Crippen molar-refractivity contribution in [1.82, 2.24) is 9.80 Å². The van der Waals surface area contributed by atoms with Crippen LogP contribution in [0.4, 0.5) is 0 Å². The topological polar surface area (TPSA) is 15.7 Å². The van der Waals surface area contributed by atoms with Crippen LogP contribution in [-0.4, -0.2) is 55.2 Å². The molecular formula is C15H25ClN2OS. The van der Waals surface area contributed by atoms with E-state index in [1.165, 1.54) is 11.3 Å². The minimum absolute atomic E-state index is 0.652.